The SMILES string of the molecule is CNc1cc(C2CCN([C@@H]3CCOC3)CC2)c2cc(OC)c(OCCCN3CCCC3)cc2n1. The zero-order chi connectivity index (χ0) is 23.3. The quantitative estimate of drug-likeness (QED) is 0.556. The molecule has 0 unspecified atom stereocenters. The molecule has 7 heteroatoms. The van der Waals surface area contributed by atoms with Crippen molar-refractivity contribution in [1.29, 1.82) is 0 Å². The van der Waals surface area contributed by atoms with Gasteiger partial charge in [0.1, 0.15) is 5.82 Å². The Bertz CT molecular complexity index is 949. The Morgan fingerprint density at radius 2 is 1.88 bits per heavy atom. The number of nitrogens with zero attached hydrogens (tertiary/aromatic N) is 3. The Morgan fingerprint density at radius 3 is 2.59 bits per heavy atom. The van der Waals surface area contributed by atoms with Crippen molar-refractivity contribution in [2.24, 2.45) is 0 Å². The lowest BCUT2D eigenvalue weighted by molar-refractivity contribution is 0.122. The molecule has 1 N–H and O–H groups in total. The van der Waals surface area contributed by atoms with Gasteiger partial charge in [0.2, 0.25) is 0 Å². The molecule has 7 nitrogen and oxygen atoms in total. The van der Waals surface area contributed by atoms with Crippen LogP contribution in [0.4, 0.5) is 5.82 Å². The molecule has 3 fully saturated rings. The van der Waals surface area contributed by atoms with Crippen LogP contribution in [0.2, 0.25) is 0 Å². The Balaban J connectivity index is 1.32. The molecule has 3 aliphatic rings. The highest BCUT2D eigenvalue weighted by atomic mass is 16.5. The van der Waals surface area contributed by atoms with Crippen LogP contribution in [-0.2, 0) is 4.74 Å². The van der Waals surface area contributed by atoms with E-state index >= 15 is 0 Å². The molecule has 3 aliphatic heterocycles. The summed E-state index contributed by atoms with van der Waals surface area (Å²) in [5.41, 5.74) is 2.35. The van der Waals surface area contributed by atoms with Crippen molar-refractivity contribution in [3.05, 3.63) is 23.8 Å². The minimum absolute atomic E-state index is 0.521. The zero-order valence-corrected chi connectivity index (χ0v) is 20.9. The molecule has 0 saturated carbocycles. The van der Waals surface area contributed by atoms with Gasteiger partial charge in [-0.3, -0.25) is 4.90 Å². The first kappa shape index (κ1) is 23.6. The Kier molecular flexibility index (Phi) is 7.72. The lowest BCUT2D eigenvalue weighted by atomic mass is 9.86. The van der Waals surface area contributed by atoms with Crippen molar-refractivity contribution in [2.75, 3.05) is 72.0 Å². The van der Waals surface area contributed by atoms with Gasteiger partial charge in [-0.15, -0.1) is 0 Å². The minimum Gasteiger partial charge on any atom is -0.493 e. The summed E-state index contributed by atoms with van der Waals surface area (Å²) in [6.07, 6.45) is 7.18. The third kappa shape index (κ3) is 5.26. The fraction of sp³-hybridized carbons (Fsp3) is 0.667. The summed E-state index contributed by atoms with van der Waals surface area (Å²) in [7, 11) is 3.68. The van der Waals surface area contributed by atoms with E-state index in [1.165, 1.54) is 43.3 Å². The van der Waals surface area contributed by atoms with Crippen LogP contribution in [0.25, 0.3) is 10.9 Å². The first-order valence-corrected chi connectivity index (χ1v) is 13.1. The van der Waals surface area contributed by atoms with Crippen molar-refractivity contribution in [3.63, 3.8) is 0 Å². The number of hydrogen-bond donors (Lipinski definition) is 1. The predicted octanol–water partition coefficient (Wildman–Crippen LogP) is 4.12. The molecule has 0 radical (unpaired) electrons. The molecule has 1 aromatic carbocycles. The minimum atomic E-state index is 0.521. The number of nitrogens with one attached hydrogen (secondary N) is 1. The Hall–Kier alpha value is -2.09. The number of ether oxygens (including phenoxy) is 3. The highest BCUT2D eigenvalue weighted by Gasteiger charge is 2.29. The fourth-order valence-corrected chi connectivity index (χ4v) is 5.86. The van der Waals surface area contributed by atoms with Crippen LogP contribution >= 0.6 is 0 Å². The van der Waals surface area contributed by atoms with E-state index in [4.69, 9.17) is 19.2 Å². The van der Waals surface area contributed by atoms with Crippen LogP contribution in [0.5, 0.6) is 11.5 Å². The zero-order valence-electron chi connectivity index (χ0n) is 20.9. The van der Waals surface area contributed by atoms with Gasteiger partial charge in [0.15, 0.2) is 11.5 Å². The number of rotatable bonds is 9. The molecule has 0 spiro atoms. The number of piperidine rings is 1. The standard InChI is InChI=1S/C27H40N4O3/c1-28-27-17-22(20-6-12-31(13-7-20)21-8-15-33-19-21)23-16-25(32-2)26(18-24(23)29-27)34-14-5-11-30-9-3-4-10-30/h16-18,20-21H,3-15,19H2,1-2H3,(H,28,29)/t21-/m1/s1. The van der Waals surface area contributed by atoms with Gasteiger partial charge in [-0.05, 0) is 88.3 Å². The van der Waals surface area contributed by atoms with E-state index in [0.29, 0.717) is 18.6 Å². The van der Waals surface area contributed by atoms with Crippen LogP contribution in [0, 0.1) is 0 Å². The number of benzene rings is 1. The summed E-state index contributed by atoms with van der Waals surface area (Å²) in [4.78, 5) is 10.0. The van der Waals surface area contributed by atoms with Crippen LogP contribution in [0.1, 0.15) is 50.0 Å². The van der Waals surface area contributed by atoms with Crippen molar-refractivity contribution in [2.45, 2.75) is 50.5 Å². The van der Waals surface area contributed by atoms with Gasteiger partial charge in [0.25, 0.3) is 0 Å². The average Bonchev–Trinajstić information content (AvgIpc) is 3.60. The van der Waals surface area contributed by atoms with E-state index in [1.54, 1.807) is 7.11 Å². The molecule has 4 heterocycles. The van der Waals surface area contributed by atoms with Gasteiger partial charge in [0.05, 0.1) is 25.8 Å². The number of aromatic nitrogens is 1. The molecule has 0 aliphatic carbocycles. The molecular weight excluding hydrogens is 428 g/mol. The number of pyridine rings is 1. The number of anilines is 1. The highest BCUT2D eigenvalue weighted by molar-refractivity contribution is 5.88. The number of hydrogen-bond acceptors (Lipinski definition) is 7. The van der Waals surface area contributed by atoms with Crippen molar-refractivity contribution >= 4 is 16.7 Å². The molecule has 0 amide bonds. The highest BCUT2D eigenvalue weighted by Crippen LogP contribution is 2.39. The average molecular weight is 469 g/mol. The number of methoxy groups -OCH3 is 1. The van der Waals surface area contributed by atoms with Gasteiger partial charge in [-0.2, -0.15) is 0 Å². The first-order chi connectivity index (χ1) is 16.7. The molecule has 1 atom stereocenters. The van der Waals surface area contributed by atoms with Crippen LogP contribution < -0.4 is 14.8 Å². The Labute approximate surface area is 203 Å². The van der Waals surface area contributed by atoms with Gasteiger partial charge in [-0.25, -0.2) is 4.98 Å². The molecule has 186 valence electrons. The summed E-state index contributed by atoms with van der Waals surface area (Å²) in [5, 5.41) is 4.45. The van der Waals surface area contributed by atoms with Gasteiger partial charge in [0, 0.05) is 37.7 Å². The lowest BCUT2D eigenvalue weighted by Crippen LogP contribution is -2.41. The molecule has 0 bridgehead atoms. The van der Waals surface area contributed by atoms with Crippen molar-refractivity contribution in [3.8, 4) is 11.5 Å². The van der Waals surface area contributed by atoms with E-state index in [1.807, 2.05) is 7.05 Å². The normalized spacial score (nSPS) is 22.5. The monoisotopic (exact) mass is 468 g/mol. The van der Waals surface area contributed by atoms with E-state index in [2.05, 4.69) is 33.3 Å². The second-order valence-corrected chi connectivity index (χ2v) is 9.95. The predicted molar refractivity (Wildman–Crippen MR) is 136 cm³/mol. The van der Waals surface area contributed by atoms with Gasteiger partial charge in [-0.1, -0.05) is 0 Å². The van der Waals surface area contributed by atoms with Crippen LogP contribution in [-0.4, -0.2) is 87.5 Å². The van der Waals surface area contributed by atoms with Gasteiger partial charge < -0.3 is 24.4 Å². The summed E-state index contributed by atoms with van der Waals surface area (Å²) < 4.78 is 17.6. The van der Waals surface area contributed by atoms with E-state index in [9.17, 15) is 0 Å². The maximum absolute atomic E-state index is 6.20. The maximum atomic E-state index is 6.20. The summed E-state index contributed by atoms with van der Waals surface area (Å²) >= 11 is 0. The first-order valence-electron chi connectivity index (χ1n) is 13.1. The molecule has 1 aromatic heterocycles. The molecule has 34 heavy (non-hydrogen) atoms. The second kappa shape index (κ2) is 11.1. The van der Waals surface area contributed by atoms with Gasteiger partial charge >= 0.3 is 0 Å². The second-order valence-electron chi connectivity index (χ2n) is 9.95. The van der Waals surface area contributed by atoms with Crippen molar-refractivity contribution in [1.82, 2.24) is 14.8 Å². The van der Waals surface area contributed by atoms with E-state index < -0.39 is 0 Å². The third-order valence-electron chi connectivity index (χ3n) is 7.85. The molecule has 5 rings (SSSR count). The summed E-state index contributed by atoms with van der Waals surface area (Å²) in [6.45, 7) is 8.32. The van der Waals surface area contributed by atoms with Crippen molar-refractivity contribution < 1.29 is 14.2 Å². The molecular formula is C27H40N4O3. The largest absolute Gasteiger partial charge is 0.493 e. The summed E-state index contributed by atoms with van der Waals surface area (Å²) in [6, 6.07) is 7.05. The number of fused-ring (bicyclic) bond motifs is 1. The Morgan fingerprint density at radius 1 is 1.06 bits per heavy atom. The third-order valence-corrected chi connectivity index (χ3v) is 7.85. The summed E-state index contributed by atoms with van der Waals surface area (Å²) in [5.74, 6) is 3.03. The maximum Gasteiger partial charge on any atom is 0.163 e. The van der Waals surface area contributed by atoms with Crippen LogP contribution in [0.15, 0.2) is 18.2 Å². The number of likely N-dealkylation sites (tertiary alicyclic amines) is 2. The molecule has 2 aromatic rings. The van der Waals surface area contributed by atoms with E-state index in [-0.39, 0.29) is 0 Å². The fourth-order valence-electron chi connectivity index (χ4n) is 5.86. The lowest BCUT2D eigenvalue weighted by Gasteiger charge is -2.36. The smallest absolute Gasteiger partial charge is 0.163 e. The molecule has 3 saturated heterocycles. The topological polar surface area (TPSA) is 59.1 Å². The van der Waals surface area contributed by atoms with Crippen LogP contribution in [0.3, 0.4) is 0 Å². The van der Waals surface area contributed by atoms with E-state index in [0.717, 1.165) is 74.9 Å².